The maximum absolute atomic E-state index is 11.0. The van der Waals surface area contributed by atoms with Crippen molar-refractivity contribution in [1.82, 2.24) is 20.4 Å². The Balaban J connectivity index is 0.000000211. The second-order valence-corrected chi connectivity index (χ2v) is 14.2. The van der Waals surface area contributed by atoms with Crippen LogP contribution in [0.5, 0.6) is 0 Å². The van der Waals surface area contributed by atoms with Crippen LogP contribution in [-0.4, -0.2) is 58.1 Å². The van der Waals surface area contributed by atoms with Crippen LogP contribution in [-0.2, 0) is 22.4 Å². The van der Waals surface area contributed by atoms with E-state index in [2.05, 4.69) is 78.7 Å². The summed E-state index contributed by atoms with van der Waals surface area (Å²) in [5, 5.41) is 17.1. The molecule has 292 valence electrons. The van der Waals surface area contributed by atoms with Gasteiger partial charge in [-0.25, -0.2) is 0 Å². The van der Waals surface area contributed by atoms with Gasteiger partial charge in [-0.1, -0.05) is 58.4 Å². The normalized spacial score (nSPS) is 17.3. The van der Waals surface area contributed by atoms with E-state index in [4.69, 9.17) is 0 Å². The highest BCUT2D eigenvalue weighted by molar-refractivity contribution is 5.79. The van der Waals surface area contributed by atoms with Crippen molar-refractivity contribution < 1.29 is 9.59 Å². The predicted octanol–water partition coefficient (Wildman–Crippen LogP) is 10.2. The van der Waals surface area contributed by atoms with Crippen LogP contribution >= 0.6 is 0 Å². The third-order valence-electron chi connectivity index (χ3n) is 9.82. The van der Waals surface area contributed by atoms with Gasteiger partial charge in [-0.15, -0.1) is 0 Å². The number of ketones is 2. The minimum Gasteiger partial charge on any atom is -0.372 e. The Morgan fingerprint density at radius 3 is 1.28 bits per heavy atom. The van der Waals surface area contributed by atoms with E-state index in [9.17, 15) is 9.59 Å². The molecule has 2 aliphatic heterocycles. The fourth-order valence-electron chi connectivity index (χ4n) is 7.23. The van der Waals surface area contributed by atoms with Gasteiger partial charge in [0.1, 0.15) is 11.6 Å². The molecule has 0 amide bonds. The van der Waals surface area contributed by atoms with E-state index in [1.807, 2.05) is 65.8 Å². The molecule has 8 nitrogen and oxygen atoms in total. The number of carbonyl (C=O) groups excluding carboxylic acids is 2. The Morgan fingerprint density at radius 1 is 0.556 bits per heavy atom. The largest absolute Gasteiger partial charge is 0.372 e. The summed E-state index contributed by atoms with van der Waals surface area (Å²) in [7, 11) is 0. The fourth-order valence-corrected chi connectivity index (χ4v) is 7.23. The van der Waals surface area contributed by atoms with Crippen molar-refractivity contribution in [2.24, 2.45) is 0 Å². The summed E-state index contributed by atoms with van der Waals surface area (Å²) < 4.78 is 0. The molecule has 0 unspecified atom stereocenters. The maximum atomic E-state index is 11.0. The Bertz CT molecular complexity index is 1540. The van der Waals surface area contributed by atoms with Gasteiger partial charge >= 0.3 is 0 Å². The number of hydrogen-bond acceptors (Lipinski definition) is 8. The third kappa shape index (κ3) is 14.8. The van der Waals surface area contributed by atoms with Crippen molar-refractivity contribution in [1.29, 1.82) is 0 Å². The zero-order chi connectivity index (χ0) is 39.3. The Morgan fingerprint density at radius 2 is 0.944 bits per heavy atom. The molecule has 7 rings (SSSR count). The van der Waals surface area contributed by atoms with Gasteiger partial charge in [0.05, 0.1) is 22.8 Å². The maximum Gasteiger partial charge on any atom is 0.134 e. The third-order valence-corrected chi connectivity index (χ3v) is 9.82. The first-order valence-electron chi connectivity index (χ1n) is 20.5. The SMILES string of the molecule is CC.CC.CC(=O)Cc1cccc(N2CCCC2)c1.CC(=O)Cc1cccc(N2CCCC2)c1.Cc1ccc([C@H]2CCC[C@H](c3ccc(C)nn3)C2)nn1. The number of benzene rings is 2. The number of rotatable bonds is 8. The van der Waals surface area contributed by atoms with Gasteiger partial charge in [-0.3, -0.25) is 9.59 Å². The molecule has 0 N–H and O–H groups in total. The number of Topliss-reactive ketones (excluding diaryl/α,β-unsaturated/α-hetero) is 2. The van der Waals surface area contributed by atoms with Gasteiger partial charge in [0.2, 0.25) is 0 Å². The topological polar surface area (TPSA) is 92.2 Å². The van der Waals surface area contributed by atoms with Crippen LogP contribution in [0.15, 0.2) is 72.8 Å². The number of nitrogens with zero attached hydrogens (tertiary/aromatic N) is 6. The lowest BCUT2D eigenvalue weighted by Crippen LogP contribution is -2.17. The first kappa shape index (κ1) is 43.9. The van der Waals surface area contributed by atoms with Gasteiger partial charge < -0.3 is 9.80 Å². The van der Waals surface area contributed by atoms with Crippen molar-refractivity contribution in [3.05, 3.63) is 107 Å². The van der Waals surface area contributed by atoms with Crippen LogP contribution in [0.2, 0.25) is 0 Å². The molecule has 3 fully saturated rings. The lowest BCUT2D eigenvalue weighted by molar-refractivity contribution is -0.117. The highest BCUT2D eigenvalue weighted by Crippen LogP contribution is 2.39. The second-order valence-electron chi connectivity index (χ2n) is 14.2. The number of hydrogen-bond donors (Lipinski definition) is 0. The summed E-state index contributed by atoms with van der Waals surface area (Å²) in [4.78, 5) is 26.8. The zero-order valence-corrected chi connectivity index (χ0v) is 34.5. The van der Waals surface area contributed by atoms with E-state index in [0.29, 0.717) is 24.7 Å². The van der Waals surface area contributed by atoms with Crippen molar-refractivity contribution in [2.75, 3.05) is 36.0 Å². The molecular weight excluding hydrogens is 669 g/mol. The van der Waals surface area contributed by atoms with Gasteiger partial charge in [-0.2, -0.15) is 20.4 Å². The molecule has 54 heavy (non-hydrogen) atoms. The molecule has 1 aliphatic carbocycles. The summed E-state index contributed by atoms with van der Waals surface area (Å²) in [6.45, 7) is 19.9. The monoisotopic (exact) mass is 735 g/mol. The Hall–Kier alpha value is -4.46. The van der Waals surface area contributed by atoms with Gasteiger partial charge in [0.25, 0.3) is 0 Å². The fraction of sp³-hybridized carbons (Fsp3) is 0.522. The van der Waals surface area contributed by atoms with Gasteiger partial charge in [-0.05, 0) is 132 Å². The summed E-state index contributed by atoms with van der Waals surface area (Å²) in [5.74, 6) is 1.47. The van der Waals surface area contributed by atoms with Crippen LogP contribution in [0.3, 0.4) is 0 Å². The molecule has 4 aromatic rings. The van der Waals surface area contributed by atoms with Crippen LogP contribution in [0, 0.1) is 13.8 Å². The first-order chi connectivity index (χ1) is 26.2. The van der Waals surface area contributed by atoms with Crippen molar-refractivity contribution in [3.63, 3.8) is 0 Å². The van der Waals surface area contributed by atoms with Gasteiger partial charge in [0.15, 0.2) is 0 Å². The van der Waals surface area contributed by atoms with E-state index >= 15 is 0 Å². The minimum absolute atomic E-state index is 0.230. The van der Waals surface area contributed by atoms with Crippen LogP contribution in [0.1, 0.15) is 139 Å². The van der Waals surface area contributed by atoms with Crippen molar-refractivity contribution >= 4 is 22.9 Å². The summed E-state index contributed by atoms with van der Waals surface area (Å²) in [5.41, 5.74) is 9.01. The second kappa shape index (κ2) is 24.0. The van der Waals surface area contributed by atoms with Crippen LogP contribution in [0.25, 0.3) is 0 Å². The lowest BCUT2D eigenvalue weighted by Gasteiger charge is -2.28. The molecular formula is C46H66N6O2. The molecule has 0 spiro atoms. The summed E-state index contributed by atoms with van der Waals surface area (Å²) in [6, 6.07) is 25.1. The Kier molecular flexibility index (Phi) is 19.6. The average molecular weight is 735 g/mol. The van der Waals surface area contributed by atoms with E-state index in [-0.39, 0.29) is 11.6 Å². The van der Waals surface area contributed by atoms with Crippen molar-refractivity contribution in [3.8, 4) is 0 Å². The molecule has 2 aromatic heterocycles. The van der Waals surface area contributed by atoms with Crippen LogP contribution in [0.4, 0.5) is 11.4 Å². The molecule has 3 aliphatic rings. The minimum atomic E-state index is 0.230. The van der Waals surface area contributed by atoms with E-state index in [1.54, 1.807) is 13.8 Å². The summed E-state index contributed by atoms with van der Waals surface area (Å²) in [6.07, 6.45) is 11.0. The van der Waals surface area contributed by atoms with E-state index in [0.717, 1.165) is 66.5 Å². The predicted molar refractivity (Wildman–Crippen MR) is 225 cm³/mol. The molecule has 2 aromatic carbocycles. The molecule has 0 bridgehead atoms. The smallest absolute Gasteiger partial charge is 0.134 e. The Labute approximate surface area is 326 Å². The highest BCUT2D eigenvalue weighted by Gasteiger charge is 2.26. The average Bonchev–Trinajstić information content (AvgIpc) is 3.94. The first-order valence-corrected chi connectivity index (χ1v) is 20.5. The highest BCUT2D eigenvalue weighted by atomic mass is 16.1. The molecule has 2 saturated heterocycles. The molecule has 0 radical (unpaired) electrons. The lowest BCUT2D eigenvalue weighted by atomic mass is 9.78. The van der Waals surface area contributed by atoms with E-state index in [1.165, 1.54) is 56.3 Å². The number of carbonyl (C=O) groups is 2. The summed E-state index contributed by atoms with van der Waals surface area (Å²) >= 11 is 0. The standard InChI is InChI=1S/C16H20N4.2C13H17NO.2C2H6/c1-11-6-8-15(19-17-11)13-4-3-5-14(10-13)16-9-7-12(2)18-20-16;2*1-11(15)9-12-5-4-6-13(10-12)14-7-2-3-8-14;2*1-2/h6-9,13-14H,3-5,10H2,1-2H3;2*4-6,10H,2-3,7-9H2,1H3;2*1-2H3/t13-,14-;;;;/m0..../s1. The molecule has 4 heterocycles. The quantitative estimate of drug-likeness (QED) is 0.177. The molecule has 2 atom stereocenters. The number of aryl methyl sites for hydroxylation is 2. The van der Waals surface area contributed by atoms with Gasteiger partial charge in [0, 0.05) is 62.2 Å². The van der Waals surface area contributed by atoms with Crippen molar-refractivity contribution in [2.45, 2.75) is 131 Å². The zero-order valence-electron chi connectivity index (χ0n) is 34.5. The number of aromatic nitrogens is 4. The molecule has 1 saturated carbocycles. The van der Waals surface area contributed by atoms with Crippen LogP contribution < -0.4 is 9.80 Å². The van der Waals surface area contributed by atoms with E-state index < -0.39 is 0 Å². The number of anilines is 2. The molecule has 8 heteroatoms.